The lowest BCUT2D eigenvalue weighted by Crippen LogP contribution is -2.13. The number of ether oxygens (including phenoxy) is 1. The Balaban J connectivity index is 2.16. The second kappa shape index (κ2) is 6.60. The molecule has 1 saturated carbocycles. The van der Waals surface area contributed by atoms with Gasteiger partial charge in [0, 0.05) is 11.1 Å². The smallest absolute Gasteiger partial charge is 0.310 e. The molecule has 24 heavy (non-hydrogen) atoms. The molecule has 0 aromatic heterocycles. The predicted octanol–water partition coefficient (Wildman–Crippen LogP) is 5.36. The molecule has 0 heterocycles. The summed E-state index contributed by atoms with van der Waals surface area (Å²) >= 11 is 11.2. The summed E-state index contributed by atoms with van der Waals surface area (Å²) in [5.74, 6) is -4.60. The largest absolute Gasteiger partial charge is 0.460 e. The summed E-state index contributed by atoms with van der Waals surface area (Å²) in [5.41, 5.74) is -1.17. The molecule has 132 valence electrons. The normalized spacial score (nSPS) is 21.4. The van der Waals surface area contributed by atoms with Crippen molar-refractivity contribution in [1.82, 2.24) is 0 Å². The van der Waals surface area contributed by atoms with E-state index in [1.54, 1.807) is 6.08 Å². The van der Waals surface area contributed by atoms with Crippen LogP contribution >= 0.6 is 23.2 Å². The van der Waals surface area contributed by atoms with Gasteiger partial charge in [0.2, 0.25) is 0 Å². The van der Waals surface area contributed by atoms with E-state index in [1.165, 1.54) is 6.92 Å². The summed E-state index contributed by atoms with van der Waals surface area (Å²) in [7, 11) is 0. The molecule has 7 heteroatoms. The fraction of sp³-hybridized carbons (Fsp3) is 0.471. The third-order valence-corrected chi connectivity index (χ3v) is 4.98. The van der Waals surface area contributed by atoms with Crippen LogP contribution in [0.1, 0.15) is 30.5 Å². The highest BCUT2D eigenvalue weighted by molar-refractivity contribution is 6.55. The highest BCUT2D eigenvalue weighted by atomic mass is 35.5. The van der Waals surface area contributed by atoms with Crippen LogP contribution < -0.4 is 0 Å². The number of carbonyl (C=O) groups excluding carboxylic acids is 1. The fourth-order valence-electron chi connectivity index (χ4n) is 2.95. The van der Waals surface area contributed by atoms with Crippen molar-refractivity contribution < 1.29 is 22.7 Å². The summed E-state index contributed by atoms with van der Waals surface area (Å²) in [4.78, 5) is 12.2. The predicted molar refractivity (Wildman–Crippen MR) is 86.1 cm³/mol. The van der Waals surface area contributed by atoms with Crippen molar-refractivity contribution in [2.45, 2.75) is 34.3 Å². The van der Waals surface area contributed by atoms with Crippen molar-refractivity contribution in [2.75, 3.05) is 0 Å². The van der Waals surface area contributed by atoms with Gasteiger partial charge in [-0.1, -0.05) is 37.0 Å². The number of halogens is 5. The Kier molecular flexibility index (Phi) is 5.26. The van der Waals surface area contributed by atoms with Crippen LogP contribution in [0.15, 0.2) is 10.6 Å². The van der Waals surface area contributed by atoms with Crippen LogP contribution in [0.5, 0.6) is 0 Å². The molecular formula is C17H17Cl2F3O2. The van der Waals surface area contributed by atoms with Crippen LogP contribution in [0, 0.1) is 48.5 Å². The van der Waals surface area contributed by atoms with Gasteiger partial charge in [-0.25, -0.2) is 13.2 Å². The van der Waals surface area contributed by atoms with Gasteiger partial charge in [0.05, 0.1) is 5.92 Å². The molecule has 0 bridgehead atoms. The van der Waals surface area contributed by atoms with E-state index in [1.807, 2.05) is 13.8 Å². The maximum atomic E-state index is 14.0. The molecule has 1 aliphatic rings. The molecule has 1 unspecified atom stereocenters. The van der Waals surface area contributed by atoms with Crippen LogP contribution in [0.4, 0.5) is 13.2 Å². The molecule has 1 aromatic rings. The maximum absolute atomic E-state index is 14.0. The summed E-state index contributed by atoms with van der Waals surface area (Å²) in [6.45, 7) is 5.61. The van der Waals surface area contributed by atoms with Crippen LogP contribution in [-0.4, -0.2) is 5.97 Å². The van der Waals surface area contributed by atoms with E-state index >= 15 is 0 Å². The monoisotopic (exact) mass is 380 g/mol. The first-order chi connectivity index (χ1) is 11.0. The lowest BCUT2D eigenvalue weighted by molar-refractivity contribution is -0.147. The molecular weight excluding hydrogens is 364 g/mol. The van der Waals surface area contributed by atoms with Gasteiger partial charge in [0.1, 0.15) is 16.9 Å². The lowest BCUT2D eigenvalue weighted by atomic mass is 10.0. The first-order valence-electron chi connectivity index (χ1n) is 7.32. The number of rotatable bonds is 4. The van der Waals surface area contributed by atoms with Crippen LogP contribution in [0.3, 0.4) is 0 Å². The molecule has 1 fully saturated rings. The van der Waals surface area contributed by atoms with Crippen molar-refractivity contribution in [3.8, 4) is 0 Å². The molecule has 2 atom stereocenters. The Morgan fingerprint density at radius 1 is 1.12 bits per heavy atom. The van der Waals surface area contributed by atoms with E-state index in [9.17, 15) is 18.0 Å². The van der Waals surface area contributed by atoms with Gasteiger partial charge in [-0.2, -0.15) is 0 Å². The number of hydrogen-bond acceptors (Lipinski definition) is 2. The van der Waals surface area contributed by atoms with Crippen LogP contribution in [0.2, 0.25) is 0 Å². The van der Waals surface area contributed by atoms with Gasteiger partial charge in [0.15, 0.2) is 11.6 Å². The van der Waals surface area contributed by atoms with Crippen molar-refractivity contribution in [2.24, 2.45) is 17.3 Å². The number of esters is 1. The molecule has 0 spiro atoms. The van der Waals surface area contributed by atoms with E-state index in [4.69, 9.17) is 27.9 Å². The van der Waals surface area contributed by atoms with Crippen molar-refractivity contribution in [3.05, 3.63) is 44.7 Å². The maximum Gasteiger partial charge on any atom is 0.310 e. The van der Waals surface area contributed by atoms with Crippen molar-refractivity contribution in [1.29, 1.82) is 0 Å². The topological polar surface area (TPSA) is 26.3 Å². The minimum absolute atomic E-state index is 0.0490. The lowest BCUT2D eigenvalue weighted by Gasteiger charge is -2.13. The Hall–Kier alpha value is -1.20. The highest BCUT2D eigenvalue weighted by Gasteiger charge is 2.61. The van der Waals surface area contributed by atoms with Gasteiger partial charge < -0.3 is 4.74 Å². The summed E-state index contributed by atoms with van der Waals surface area (Å²) in [6, 6.07) is 0. The molecule has 2 rings (SSSR count). The standard InChI is InChI=1S/C17H17Cl2F3O2/c1-7-9(15(22)14(21)8(2)13(7)20)6-24-16(23)12-10(5-11(18)19)17(12,3)4/h5,10,12H,6H2,1-4H3/t10?,12-/m0/s1. The second-order valence-corrected chi connectivity index (χ2v) is 7.57. The third kappa shape index (κ3) is 3.29. The zero-order valence-electron chi connectivity index (χ0n) is 13.6. The van der Waals surface area contributed by atoms with Gasteiger partial charge in [-0.05, 0) is 36.8 Å². The molecule has 0 saturated heterocycles. The zero-order chi connectivity index (χ0) is 18.4. The minimum Gasteiger partial charge on any atom is -0.460 e. The summed E-state index contributed by atoms with van der Waals surface area (Å²) in [5, 5.41) is 0. The zero-order valence-corrected chi connectivity index (χ0v) is 15.2. The van der Waals surface area contributed by atoms with Gasteiger partial charge in [-0.3, -0.25) is 4.79 Å². The minimum atomic E-state index is -1.27. The van der Waals surface area contributed by atoms with E-state index < -0.39 is 46.9 Å². The number of hydrogen-bond donors (Lipinski definition) is 0. The second-order valence-electron chi connectivity index (χ2n) is 6.56. The molecule has 2 nitrogen and oxygen atoms in total. The number of allylic oxidation sites excluding steroid dienone is 1. The van der Waals surface area contributed by atoms with Crippen LogP contribution in [-0.2, 0) is 16.1 Å². The average Bonchev–Trinajstić information content (AvgIpc) is 3.02. The van der Waals surface area contributed by atoms with Crippen molar-refractivity contribution in [3.63, 3.8) is 0 Å². The van der Waals surface area contributed by atoms with Gasteiger partial charge in [0.25, 0.3) is 0 Å². The molecule has 1 aromatic carbocycles. The Morgan fingerprint density at radius 3 is 2.25 bits per heavy atom. The number of carbonyl (C=O) groups is 1. The Labute approximate surface area is 148 Å². The first-order valence-corrected chi connectivity index (χ1v) is 8.07. The van der Waals surface area contributed by atoms with Crippen molar-refractivity contribution >= 4 is 29.2 Å². The van der Waals surface area contributed by atoms with E-state index in [0.29, 0.717) is 0 Å². The Morgan fingerprint density at radius 2 is 1.71 bits per heavy atom. The molecule has 0 radical (unpaired) electrons. The molecule has 0 amide bonds. The molecule has 0 aliphatic heterocycles. The first kappa shape index (κ1) is 19.1. The summed E-state index contributed by atoms with van der Waals surface area (Å²) < 4.78 is 46.7. The summed E-state index contributed by atoms with van der Waals surface area (Å²) in [6.07, 6.45) is 1.55. The van der Waals surface area contributed by atoms with E-state index in [-0.39, 0.29) is 21.5 Å². The van der Waals surface area contributed by atoms with E-state index in [2.05, 4.69) is 0 Å². The third-order valence-electron chi connectivity index (χ3n) is 4.73. The number of benzene rings is 1. The Bertz CT molecular complexity index is 696. The van der Waals surface area contributed by atoms with E-state index in [0.717, 1.165) is 6.92 Å². The highest BCUT2D eigenvalue weighted by Crippen LogP contribution is 2.60. The van der Waals surface area contributed by atoms with Crippen LogP contribution in [0.25, 0.3) is 0 Å². The van der Waals surface area contributed by atoms with Gasteiger partial charge >= 0.3 is 5.97 Å². The molecule has 0 N–H and O–H groups in total. The SMILES string of the molecule is Cc1c(F)c(C)c(COC(=O)[C@@H]2C(C=C(Cl)Cl)C2(C)C)c(F)c1F. The fourth-order valence-corrected chi connectivity index (χ4v) is 3.22. The molecule has 1 aliphatic carbocycles. The average molecular weight is 381 g/mol. The quantitative estimate of drug-likeness (QED) is 0.519. The van der Waals surface area contributed by atoms with Gasteiger partial charge in [-0.15, -0.1) is 0 Å².